The quantitative estimate of drug-likeness (QED) is 0.754. The normalized spacial score (nSPS) is 12.9. The second-order valence-electron chi connectivity index (χ2n) is 4.22. The van der Waals surface area contributed by atoms with Crippen molar-refractivity contribution in [2.45, 2.75) is 44.5 Å². The highest BCUT2D eigenvalue weighted by molar-refractivity contribution is 7.98. The van der Waals surface area contributed by atoms with E-state index >= 15 is 0 Å². The molecule has 0 spiro atoms. The third kappa shape index (κ3) is 4.34. The summed E-state index contributed by atoms with van der Waals surface area (Å²) in [5, 5.41) is 13.2. The molecule has 1 aromatic rings. The summed E-state index contributed by atoms with van der Waals surface area (Å²) in [6.07, 6.45) is 4.12. The van der Waals surface area contributed by atoms with Crippen LogP contribution in [0.5, 0.6) is 0 Å². The van der Waals surface area contributed by atoms with Crippen LogP contribution < -0.4 is 5.73 Å². The minimum absolute atomic E-state index is 0.410. The van der Waals surface area contributed by atoms with Crippen LogP contribution in [0.2, 0.25) is 0 Å². The molecule has 5 nitrogen and oxygen atoms in total. The van der Waals surface area contributed by atoms with E-state index in [0.717, 1.165) is 18.5 Å². The van der Waals surface area contributed by atoms with Gasteiger partial charge in [0.1, 0.15) is 6.04 Å². The van der Waals surface area contributed by atoms with Gasteiger partial charge in [0.05, 0.1) is 11.7 Å². The Labute approximate surface area is 112 Å². The molecule has 18 heavy (non-hydrogen) atoms. The molecule has 1 aromatic heterocycles. The topological polar surface area (TPSA) is 81.1 Å². The maximum Gasteiger partial charge on any atom is 0.321 e. The highest BCUT2D eigenvalue weighted by atomic mass is 32.2. The fraction of sp³-hybridized carbons (Fsp3) is 0.667. The Hall–Kier alpha value is -1.01. The van der Waals surface area contributed by atoms with Crippen molar-refractivity contribution in [1.29, 1.82) is 0 Å². The third-order valence-corrected chi connectivity index (χ3v) is 3.94. The van der Waals surface area contributed by atoms with E-state index in [1.165, 1.54) is 11.8 Å². The first-order valence-corrected chi connectivity index (χ1v) is 7.34. The van der Waals surface area contributed by atoms with Gasteiger partial charge in [-0.05, 0) is 18.9 Å². The van der Waals surface area contributed by atoms with E-state index in [1.54, 1.807) is 0 Å². The molecule has 0 fully saturated rings. The van der Waals surface area contributed by atoms with Crippen molar-refractivity contribution in [1.82, 2.24) is 9.78 Å². The Morgan fingerprint density at radius 1 is 1.56 bits per heavy atom. The lowest BCUT2D eigenvalue weighted by Gasteiger charge is -2.12. The summed E-state index contributed by atoms with van der Waals surface area (Å²) >= 11 is 1.50. The maximum absolute atomic E-state index is 10.6. The van der Waals surface area contributed by atoms with Gasteiger partial charge in [-0.1, -0.05) is 13.8 Å². The minimum Gasteiger partial charge on any atom is -0.480 e. The molecule has 1 rings (SSSR count). The number of hydrogen-bond donors (Lipinski definition) is 2. The molecular formula is C12H21N3O2S. The van der Waals surface area contributed by atoms with Gasteiger partial charge in [0, 0.05) is 17.7 Å². The molecule has 0 aromatic carbocycles. The summed E-state index contributed by atoms with van der Waals surface area (Å²) in [7, 11) is 0. The monoisotopic (exact) mass is 271 g/mol. The number of aliphatic carboxylic acids is 1. The Kier molecular flexibility index (Phi) is 6.21. The largest absolute Gasteiger partial charge is 0.480 e. The van der Waals surface area contributed by atoms with Gasteiger partial charge >= 0.3 is 5.97 Å². The predicted molar refractivity (Wildman–Crippen MR) is 73.6 cm³/mol. The second-order valence-corrected chi connectivity index (χ2v) is 5.25. The molecule has 6 heteroatoms. The molecule has 0 saturated carbocycles. The zero-order valence-corrected chi connectivity index (χ0v) is 11.7. The van der Waals surface area contributed by atoms with Gasteiger partial charge in [-0.3, -0.25) is 9.48 Å². The number of hydrogen-bond acceptors (Lipinski definition) is 4. The smallest absolute Gasteiger partial charge is 0.321 e. The number of aromatic nitrogens is 2. The summed E-state index contributed by atoms with van der Waals surface area (Å²) < 4.78 is 1.99. The SMILES string of the molecule is CCC(CC)n1ccc(CSC[C@H](N)C(=O)O)n1. The Bertz CT molecular complexity index is 377. The van der Waals surface area contributed by atoms with Gasteiger partial charge in [-0.15, -0.1) is 0 Å². The van der Waals surface area contributed by atoms with Gasteiger partial charge < -0.3 is 10.8 Å². The highest BCUT2D eigenvalue weighted by Gasteiger charge is 2.12. The zero-order valence-electron chi connectivity index (χ0n) is 10.9. The van der Waals surface area contributed by atoms with Crippen LogP contribution in [0.15, 0.2) is 12.3 Å². The number of nitrogens with zero attached hydrogens (tertiary/aromatic N) is 2. The Morgan fingerprint density at radius 3 is 2.78 bits per heavy atom. The zero-order chi connectivity index (χ0) is 13.5. The second kappa shape index (κ2) is 7.43. The van der Waals surface area contributed by atoms with Crippen LogP contribution in [-0.4, -0.2) is 32.7 Å². The number of nitrogens with two attached hydrogens (primary N) is 1. The van der Waals surface area contributed by atoms with Crippen LogP contribution in [0, 0.1) is 0 Å². The van der Waals surface area contributed by atoms with Crippen molar-refractivity contribution in [2.24, 2.45) is 5.73 Å². The van der Waals surface area contributed by atoms with Gasteiger partial charge in [0.2, 0.25) is 0 Å². The summed E-state index contributed by atoms with van der Waals surface area (Å²) in [5.74, 6) is 0.159. The third-order valence-electron chi connectivity index (χ3n) is 2.84. The molecule has 0 amide bonds. The molecular weight excluding hydrogens is 250 g/mol. The van der Waals surface area contributed by atoms with Crippen LogP contribution in [0.25, 0.3) is 0 Å². The van der Waals surface area contributed by atoms with E-state index in [0.29, 0.717) is 17.5 Å². The van der Waals surface area contributed by atoms with Crippen molar-refractivity contribution in [3.8, 4) is 0 Å². The summed E-state index contributed by atoms with van der Waals surface area (Å²) in [6, 6.07) is 1.64. The van der Waals surface area contributed by atoms with Crippen molar-refractivity contribution < 1.29 is 9.90 Å². The van der Waals surface area contributed by atoms with E-state index in [1.807, 2.05) is 16.9 Å². The lowest BCUT2D eigenvalue weighted by Crippen LogP contribution is -2.32. The lowest BCUT2D eigenvalue weighted by atomic mass is 10.2. The van der Waals surface area contributed by atoms with Crippen LogP contribution in [-0.2, 0) is 10.5 Å². The van der Waals surface area contributed by atoms with Crippen LogP contribution in [0.4, 0.5) is 0 Å². The van der Waals surface area contributed by atoms with Crippen molar-refractivity contribution in [3.05, 3.63) is 18.0 Å². The fourth-order valence-corrected chi connectivity index (χ4v) is 2.56. The summed E-state index contributed by atoms with van der Waals surface area (Å²) in [6.45, 7) is 4.30. The molecule has 0 bridgehead atoms. The van der Waals surface area contributed by atoms with Crippen molar-refractivity contribution >= 4 is 17.7 Å². The average Bonchev–Trinajstić information content (AvgIpc) is 2.79. The van der Waals surface area contributed by atoms with E-state index in [4.69, 9.17) is 10.8 Å². The van der Waals surface area contributed by atoms with Crippen LogP contribution in [0.1, 0.15) is 38.4 Å². The number of thioether (sulfide) groups is 1. The molecule has 0 aliphatic carbocycles. The number of carboxylic acid groups (broad SMARTS) is 1. The Morgan fingerprint density at radius 2 is 2.22 bits per heavy atom. The first-order valence-electron chi connectivity index (χ1n) is 6.18. The highest BCUT2D eigenvalue weighted by Crippen LogP contribution is 2.17. The van der Waals surface area contributed by atoms with Gasteiger partial charge in [-0.25, -0.2) is 0 Å². The lowest BCUT2D eigenvalue weighted by molar-refractivity contribution is -0.137. The number of rotatable bonds is 8. The molecule has 0 aliphatic heterocycles. The molecule has 3 N–H and O–H groups in total. The molecule has 0 saturated heterocycles. The van der Waals surface area contributed by atoms with Gasteiger partial charge in [0.15, 0.2) is 0 Å². The predicted octanol–water partition coefficient (Wildman–Crippen LogP) is 1.89. The van der Waals surface area contributed by atoms with Crippen LogP contribution >= 0.6 is 11.8 Å². The Balaban J connectivity index is 2.42. The minimum atomic E-state index is -0.954. The fourth-order valence-electron chi connectivity index (χ4n) is 1.68. The van der Waals surface area contributed by atoms with E-state index < -0.39 is 12.0 Å². The number of carboxylic acids is 1. The number of carbonyl (C=O) groups is 1. The average molecular weight is 271 g/mol. The first-order chi connectivity index (χ1) is 8.58. The summed E-state index contributed by atoms with van der Waals surface area (Å²) in [4.78, 5) is 10.6. The molecule has 0 aliphatic rings. The van der Waals surface area contributed by atoms with Gasteiger partial charge in [-0.2, -0.15) is 16.9 Å². The van der Waals surface area contributed by atoms with E-state index in [9.17, 15) is 4.79 Å². The molecule has 1 heterocycles. The van der Waals surface area contributed by atoms with Crippen LogP contribution in [0.3, 0.4) is 0 Å². The maximum atomic E-state index is 10.6. The molecule has 102 valence electrons. The molecule has 0 unspecified atom stereocenters. The first kappa shape index (κ1) is 15.0. The molecule has 1 atom stereocenters. The van der Waals surface area contributed by atoms with Gasteiger partial charge in [0.25, 0.3) is 0 Å². The standard InChI is InChI=1S/C12H21N3O2S/c1-3-10(4-2)15-6-5-9(14-15)7-18-8-11(13)12(16)17/h5-6,10-11H,3-4,7-8,13H2,1-2H3,(H,16,17)/t11-/m0/s1. The van der Waals surface area contributed by atoms with Crippen molar-refractivity contribution in [3.63, 3.8) is 0 Å². The van der Waals surface area contributed by atoms with E-state index in [2.05, 4.69) is 18.9 Å². The van der Waals surface area contributed by atoms with Crippen molar-refractivity contribution in [2.75, 3.05) is 5.75 Å². The summed E-state index contributed by atoms with van der Waals surface area (Å²) in [5.41, 5.74) is 6.41. The molecule has 0 radical (unpaired) electrons. The van der Waals surface area contributed by atoms with E-state index in [-0.39, 0.29) is 0 Å².